The minimum atomic E-state index is -0.223. The molecule has 8 heteroatoms. The molecule has 0 aliphatic heterocycles. The molecule has 0 bridgehead atoms. The topological polar surface area (TPSA) is 104 Å². The van der Waals surface area contributed by atoms with Crippen molar-refractivity contribution in [1.29, 1.82) is 0 Å². The summed E-state index contributed by atoms with van der Waals surface area (Å²) in [5.41, 5.74) is 12.7. The molecule has 2 aromatic heterocycles. The molecule has 2 aliphatic rings. The number of nitrogens with two attached hydrogens (primary N) is 2. The highest BCUT2D eigenvalue weighted by molar-refractivity contribution is 7.18. The number of rotatable bonds is 4. The quantitative estimate of drug-likeness (QED) is 0.826. The first-order valence-electron chi connectivity index (χ1n) is 9.06. The number of hydrogen-bond acceptors (Lipinski definition) is 6. The summed E-state index contributed by atoms with van der Waals surface area (Å²) in [5, 5.41) is 1.05. The van der Waals surface area contributed by atoms with Crippen LogP contribution in [0, 0.1) is 5.92 Å². The number of aryl methyl sites for hydroxylation is 1. The molecule has 0 unspecified atom stereocenters. The molecular weight excluding hydrogens is 372 g/mol. The maximum Gasteiger partial charge on any atom is 0.225 e. The molecule has 2 heterocycles. The minimum Gasteiger partial charge on any atom is -0.474 e. The number of fused-ring (bicyclic) bond motifs is 3. The van der Waals surface area contributed by atoms with Gasteiger partial charge in [-0.05, 0) is 56.4 Å². The van der Waals surface area contributed by atoms with Crippen LogP contribution in [0.25, 0.3) is 10.2 Å². The second-order valence-corrected chi connectivity index (χ2v) is 8.38. The maximum atomic E-state index is 11.3. The van der Waals surface area contributed by atoms with Gasteiger partial charge < -0.3 is 16.2 Å². The monoisotopic (exact) mass is 396 g/mol. The van der Waals surface area contributed by atoms with Crippen LogP contribution in [0.5, 0.6) is 5.88 Å². The molecule has 4 rings (SSSR count). The van der Waals surface area contributed by atoms with Crippen molar-refractivity contribution in [3.05, 3.63) is 16.8 Å². The Hall–Kier alpha value is -1.44. The van der Waals surface area contributed by atoms with Crippen molar-refractivity contribution >= 4 is 39.9 Å². The Balaban J connectivity index is 0.00000196. The number of halogens is 1. The fourth-order valence-corrected chi connectivity index (χ4v) is 5.24. The predicted octanol–water partition coefficient (Wildman–Crippen LogP) is 2.74. The lowest BCUT2D eigenvalue weighted by atomic mass is 9.85. The van der Waals surface area contributed by atoms with E-state index < -0.39 is 0 Å². The third-order valence-electron chi connectivity index (χ3n) is 5.40. The van der Waals surface area contributed by atoms with E-state index >= 15 is 0 Å². The van der Waals surface area contributed by atoms with Crippen molar-refractivity contribution in [1.82, 2.24) is 9.97 Å². The van der Waals surface area contributed by atoms with Gasteiger partial charge in [-0.25, -0.2) is 9.97 Å². The predicted molar refractivity (Wildman–Crippen MR) is 105 cm³/mol. The number of carbonyl (C=O) groups excluding carboxylic acids is 1. The Morgan fingerprint density at radius 2 is 2.00 bits per heavy atom. The Labute approximate surface area is 163 Å². The number of thiophene rings is 1. The lowest BCUT2D eigenvalue weighted by molar-refractivity contribution is -0.119. The molecular formula is C18H25ClN4O2S. The van der Waals surface area contributed by atoms with Gasteiger partial charge in [0, 0.05) is 17.3 Å². The van der Waals surface area contributed by atoms with Gasteiger partial charge in [0.15, 0.2) is 0 Å². The lowest BCUT2D eigenvalue weighted by Gasteiger charge is -2.27. The number of primary amides is 1. The van der Waals surface area contributed by atoms with Crippen molar-refractivity contribution in [2.75, 3.05) is 0 Å². The first-order valence-corrected chi connectivity index (χ1v) is 9.87. The van der Waals surface area contributed by atoms with Crippen LogP contribution in [0.4, 0.5) is 0 Å². The highest BCUT2D eigenvalue weighted by Gasteiger charge is 2.28. The Kier molecular flexibility index (Phi) is 5.99. The molecule has 0 saturated heterocycles. The first-order chi connectivity index (χ1) is 12.1. The maximum absolute atomic E-state index is 11.3. The second kappa shape index (κ2) is 8.06. The summed E-state index contributed by atoms with van der Waals surface area (Å²) in [5.74, 6) is 0.783. The zero-order chi connectivity index (χ0) is 17.4. The minimum absolute atomic E-state index is 0. The highest BCUT2D eigenvalue weighted by atomic mass is 35.5. The molecule has 1 fully saturated rings. The van der Waals surface area contributed by atoms with Crippen molar-refractivity contribution in [3.63, 3.8) is 0 Å². The molecule has 26 heavy (non-hydrogen) atoms. The molecule has 4 N–H and O–H groups in total. The number of amides is 1. The zero-order valence-corrected chi connectivity index (χ0v) is 16.3. The largest absolute Gasteiger partial charge is 0.474 e. The van der Waals surface area contributed by atoms with E-state index in [4.69, 9.17) is 16.2 Å². The fraction of sp³-hybridized carbons (Fsp3) is 0.611. The Morgan fingerprint density at radius 1 is 1.23 bits per heavy atom. The zero-order valence-electron chi connectivity index (χ0n) is 14.6. The van der Waals surface area contributed by atoms with Gasteiger partial charge in [0.2, 0.25) is 11.8 Å². The molecule has 1 amide bonds. The van der Waals surface area contributed by atoms with Crippen LogP contribution in [0.2, 0.25) is 0 Å². The molecule has 6 nitrogen and oxygen atoms in total. The summed E-state index contributed by atoms with van der Waals surface area (Å²) < 4.78 is 6.27. The van der Waals surface area contributed by atoms with Gasteiger partial charge in [-0.1, -0.05) is 0 Å². The van der Waals surface area contributed by atoms with Crippen molar-refractivity contribution in [3.8, 4) is 5.88 Å². The van der Waals surface area contributed by atoms with Gasteiger partial charge in [-0.15, -0.1) is 23.7 Å². The normalized spacial score (nSPS) is 25.3. The summed E-state index contributed by atoms with van der Waals surface area (Å²) in [7, 11) is 0. The summed E-state index contributed by atoms with van der Waals surface area (Å²) in [6.45, 7) is 0. The van der Waals surface area contributed by atoms with E-state index in [0.717, 1.165) is 55.2 Å². The van der Waals surface area contributed by atoms with Gasteiger partial charge in [0.25, 0.3) is 0 Å². The van der Waals surface area contributed by atoms with E-state index in [-0.39, 0.29) is 24.4 Å². The molecule has 2 aromatic rings. The molecule has 142 valence electrons. The van der Waals surface area contributed by atoms with E-state index in [1.54, 1.807) is 17.7 Å². The van der Waals surface area contributed by atoms with Gasteiger partial charge in [0.05, 0.1) is 5.39 Å². The molecule has 0 radical (unpaired) electrons. The van der Waals surface area contributed by atoms with Gasteiger partial charge in [-0.3, -0.25) is 4.79 Å². The van der Waals surface area contributed by atoms with Crippen LogP contribution < -0.4 is 16.2 Å². The third kappa shape index (κ3) is 3.94. The van der Waals surface area contributed by atoms with E-state index in [1.165, 1.54) is 10.4 Å². The molecule has 0 spiro atoms. The standard InChI is InChI=1S/C18H24N4O2S.ClH/c19-11-2-4-12(5-3-11)24-17-16-13-7-10(8-15(20)23)1-6-14(13)25-18(16)22-9-21-17;/h9-12H,1-8,19H2,(H2,20,23);1H/t10-,11?,12?;/m0./s1. The Morgan fingerprint density at radius 3 is 2.73 bits per heavy atom. The van der Waals surface area contributed by atoms with E-state index in [9.17, 15) is 4.79 Å². The van der Waals surface area contributed by atoms with Crippen molar-refractivity contribution in [2.24, 2.45) is 17.4 Å². The number of aromatic nitrogens is 2. The smallest absolute Gasteiger partial charge is 0.225 e. The second-order valence-electron chi connectivity index (χ2n) is 7.30. The molecule has 1 atom stereocenters. The van der Waals surface area contributed by atoms with E-state index in [2.05, 4.69) is 9.97 Å². The average Bonchev–Trinajstić information content (AvgIpc) is 2.95. The molecule has 1 saturated carbocycles. The van der Waals surface area contributed by atoms with Crippen LogP contribution in [0.1, 0.15) is 49.0 Å². The van der Waals surface area contributed by atoms with Crippen molar-refractivity contribution < 1.29 is 9.53 Å². The van der Waals surface area contributed by atoms with Crippen LogP contribution in [-0.4, -0.2) is 28.0 Å². The van der Waals surface area contributed by atoms with Crippen LogP contribution in [-0.2, 0) is 17.6 Å². The number of hydrogen-bond donors (Lipinski definition) is 2. The summed E-state index contributed by atoms with van der Waals surface area (Å²) >= 11 is 1.73. The third-order valence-corrected chi connectivity index (χ3v) is 6.60. The number of nitrogens with zero attached hydrogens (tertiary/aromatic N) is 2. The van der Waals surface area contributed by atoms with Gasteiger partial charge >= 0.3 is 0 Å². The van der Waals surface area contributed by atoms with Crippen LogP contribution in [0.3, 0.4) is 0 Å². The SMILES string of the molecule is Cl.NC(=O)C[C@H]1CCc2sc3ncnc(OC4CCC(N)CC4)c3c2C1. The average molecular weight is 397 g/mol. The highest BCUT2D eigenvalue weighted by Crippen LogP contribution is 2.41. The summed E-state index contributed by atoms with van der Waals surface area (Å²) in [4.78, 5) is 22.5. The Bertz CT molecular complexity index is 789. The number of ether oxygens (including phenoxy) is 1. The van der Waals surface area contributed by atoms with Crippen LogP contribution in [0.15, 0.2) is 6.33 Å². The lowest BCUT2D eigenvalue weighted by Crippen LogP contribution is -2.31. The van der Waals surface area contributed by atoms with Crippen molar-refractivity contribution in [2.45, 2.75) is 63.5 Å². The molecule has 0 aromatic carbocycles. The van der Waals surface area contributed by atoms with Crippen LogP contribution >= 0.6 is 23.7 Å². The van der Waals surface area contributed by atoms with E-state index in [1.807, 2.05) is 0 Å². The first kappa shape index (κ1) is 19.3. The molecule has 2 aliphatic carbocycles. The summed E-state index contributed by atoms with van der Waals surface area (Å²) in [6, 6.07) is 0.300. The number of carbonyl (C=O) groups is 1. The summed E-state index contributed by atoms with van der Waals surface area (Å²) in [6.07, 6.45) is 9.01. The van der Waals surface area contributed by atoms with E-state index in [0.29, 0.717) is 24.3 Å². The fourth-order valence-electron chi connectivity index (χ4n) is 4.06. The van der Waals surface area contributed by atoms with Gasteiger partial charge in [0.1, 0.15) is 17.3 Å². The van der Waals surface area contributed by atoms with Gasteiger partial charge in [-0.2, -0.15) is 0 Å².